The van der Waals surface area contributed by atoms with Crippen LogP contribution in [0.3, 0.4) is 0 Å². The molecule has 0 radical (unpaired) electrons. The molecule has 0 bridgehead atoms. The van der Waals surface area contributed by atoms with E-state index in [9.17, 15) is 22.6 Å². The lowest BCUT2D eigenvalue weighted by molar-refractivity contribution is -0.157. The number of carbonyl (C=O) groups excluding carboxylic acids is 1. The Labute approximate surface area is 210 Å². The van der Waals surface area contributed by atoms with E-state index in [1.54, 1.807) is 6.07 Å². The average Bonchev–Trinajstić information content (AvgIpc) is 3.49. The SMILES string of the molecule is CC(=O)O[C@H]1[C@H]2O[C@]23[C@@H]2CC[C@@H]4C[C@@H](OS(=O)(=O)O)CC[C@]4(C)[C@H]2CC[C@]3(C)[C@H]1c1ccc(=O)oc1. The lowest BCUT2D eigenvalue weighted by atomic mass is 9.44. The van der Waals surface area contributed by atoms with Crippen molar-refractivity contribution in [2.45, 2.75) is 95.5 Å². The van der Waals surface area contributed by atoms with E-state index in [2.05, 4.69) is 13.8 Å². The Kier molecular flexibility index (Phi) is 5.38. The second-order valence-electron chi connectivity index (χ2n) is 12.1. The number of hydrogen-bond acceptors (Lipinski definition) is 8. The van der Waals surface area contributed by atoms with Crippen molar-refractivity contribution in [3.63, 3.8) is 0 Å². The molecule has 1 aromatic rings. The van der Waals surface area contributed by atoms with Crippen LogP contribution < -0.4 is 5.63 Å². The summed E-state index contributed by atoms with van der Waals surface area (Å²) in [5.74, 6) is 0.517. The molecule has 1 N–H and O–H groups in total. The van der Waals surface area contributed by atoms with Crippen LogP contribution in [0.4, 0.5) is 0 Å². The van der Waals surface area contributed by atoms with Crippen LogP contribution in [0.15, 0.2) is 27.6 Å². The molecule has 198 valence electrons. The van der Waals surface area contributed by atoms with Gasteiger partial charge in [-0.2, -0.15) is 8.42 Å². The van der Waals surface area contributed by atoms with Crippen LogP contribution >= 0.6 is 0 Å². The molecular formula is C26H34O9S. The molecule has 2 heterocycles. The summed E-state index contributed by atoms with van der Waals surface area (Å²) >= 11 is 0. The number of hydrogen-bond donors (Lipinski definition) is 1. The molecule has 1 spiro atoms. The highest BCUT2D eigenvalue weighted by molar-refractivity contribution is 7.80. The van der Waals surface area contributed by atoms with E-state index in [4.69, 9.17) is 18.1 Å². The van der Waals surface area contributed by atoms with Crippen LogP contribution in [-0.4, -0.2) is 42.9 Å². The summed E-state index contributed by atoms with van der Waals surface area (Å²) in [5.41, 5.74) is -0.228. The van der Waals surface area contributed by atoms with E-state index in [1.807, 2.05) is 0 Å². The molecule has 4 aliphatic carbocycles. The van der Waals surface area contributed by atoms with Gasteiger partial charge in [-0.05, 0) is 79.7 Å². The van der Waals surface area contributed by atoms with Gasteiger partial charge in [-0.3, -0.25) is 9.35 Å². The maximum atomic E-state index is 12.1. The fraction of sp³-hybridized carbons (Fsp3) is 0.769. The highest BCUT2D eigenvalue weighted by atomic mass is 32.3. The molecule has 1 saturated heterocycles. The Morgan fingerprint density at radius 3 is 2.56 bits per heavy atom. The van der Waals surface area contributed by atoms with Crippen molar-refractivity contribution >= 4 is 16.4 Å². The van der Waals surface area contributed by atoms with Gasteiger partial charge in [-0.1, -0.05) is 13.8 Å². The number of carbonyl (C=O) groups is 1. The Hall–Kier alpha value is -1.75. The molecule has 36 heavy (non-hydrogen) atoms. The summed E-state index contributed by atoms with van der Waals surface area (Å²) in [6.45, 7) is 5.99. The van der Waals surface area contributed by atoms with Gasteiger partial charge in [0.1, 0.15) is 17.8 Å². The highest BCUT2D eigenvalue weighted by Crippen LogP contribution is 2.78. The maximum Gasteiger partial charge on any atom is 0.397 e. The van der Waals surface area contributed by atoms with Crippen LogP contribution in [0.25, 0.3) is 0 Å². The van der Waals surface area contributed by atoms with Gasteiger partial charge in [0, 0.05) is 24.3 Å². The van der Waals surface area contributed by atoms with Gasteiger partial charge < -0.3 is 13.9 Å². The van der Waals surface area contributed by atoms with Crippen LogP contribution in [0.2, 0.25) is 0 Å². The number of esters is 1. The van der Waals surface area contributed by atoms with Gasteiger partial charge in [0.15, 0.2) is 0 Å². The molecule has 4 saturated carbocycles. The minimum atomic E-state index is -4.47. The predicted molar refractivity (Wildman–Crippen MR) is 126 cm³/mol. The summed E-state index contributed by atoms with van der Waals surface area (Å²) in [5, 5.41) is 0. The van der Waals surface area contributed by atoms with Crippen LogP contribution in [0.1, 0.15) is 77.2 Å². The van der Waals surface area contributed by atoms with E-state index in [-0.39, 0.29) is 28.8 Å². The quantitative estimate of drug-likeness (QED) is 0.357. The van der Waals surface area contributed by atoms with Crippen LogP contribution in [0.5, 0.6) is 0 Å². The van der Waals surface area contributed by atoms with Crippen molar-refractivity contribution in [2.75, 3.05) is 0 Å². The van der Waals surface area contributed by atoms with Crippen molar-refractivity contribution in [1.82, 2.24) is 0 Å². The molecule has 10 heteroatoms. The van der Waals surface area contributed by atoms with E-state index in [1.165, 1.54) is 19.3 Å². The summed E-state index contributed by atoms with van der Waals surface area (Å²) in [4.78, 5) is 23.8. The molecule has 6 rings (SSSR count). The van der Waals surface area contributed by atoms with Gasteiger partial charge in [-0.15, -0.1) is 0 Å². The Morgan fingerprint density at radius 2 is 1.89 bits per heavy atom. The molecule has 0 unspecified atom stereocenters. The molecule has 5 fully saturated rings. The van der Waals surface area contributed by atoms with E-state index >= 15 is 0 Å². The fourth-order valence-electron chi connectivity index (χ4n) is 9.34. The predicted octanol–water partition coefficient (Wildman–Crippen LogP) is 3.63. The third-order valence-electron chi connectivity index (χ3n) is 10.7. The number of ether oxygens (including phenoxy) is 2. The number of epoxide rings is 1. The van der Waals surface area contributed by atoms with Gasteiger partial charge in [-0.25, -0.2) is 8.98 Å². The first-order chi connectivity index (χ1) is 16.9. The first-order valence-electron chi connectivity index (χ1n) is 13.0. The summed E-state index contributed by atoms with van der Waals surface area (Å²) in [6, 6.07) is 3.21. The topological polar surface area (TPSA) is 133 Å². The maximum absolute atomic E-state index is 12.1. The van der Waals surface area contributed by atoms with Crippen molar-refractivity contribution in [3.8, 4) is 0 Å². The highest BCUT2D eigenvalue weighted by Gasteiger charge is 2.84. The lowest BCUT2D eigenvalue weighted by Crippen LogP contribution is -2.58. The second kappa shape index (κ2) is 7.88. The molecule has 1 aromatic heterocycles. The summed E-state index contributed by atoms with van der Waals surface area (Å²) in [7, 11) is -4.47. The van der Waals surface area contributed by atoms with Crippen molar-refractivity contribution < 1.29 is 35.8 Å². The van der Waals surface area contributed by atoms with E-state index in [0.29, 0.717) is 30.6 Å². The third-order valence-corrected chi connectivity index (χ3v) is 11.2. The molecular weight excluding hydrogens is 488 g/mol. The summed E-state index contributed by atoms with van der Waals surface area (Å²) < 4.78 is 54.5. The van der Waals surface area contributed by atoms with Gasteiger partial charge in [0.05, 0.1) is 12.4 Å². The monoisotopic (exact) mass is 522 g/mol. The first-order valence-corrected chi connectivity index (χ1v) is 14.3. The van der Waals surface area contributed by atoms with Crippen molar-refractivity contribution in [1.29, 1.82) is 0 Å². The van der Waals surface area contributed by atoms with Crippen molar-refractivity contribution in [2.24, 2.45) is 28.6 Å². The first kappa shape index (κ1) is 24.6. The number of rotatable bonds is 4. The largest absolute Gasteiger partial charge is 0.459 e. The number of fused-ring (bicyclic) bond motifs is 3. The average molecular weight is 523 g/mol. The van der Waals surface area contributed by atoms with Crippen LogP contribution in [-0.2, 0) is 28.9 Å². The van der Waals surface area contributed by atoms with E-state index < -0.39 is 33.8 Å². The molecule has 10 atom stereocenters. The van der Waals surface area contributed by atoms with Gasteiger partial charge in [0.2, 0.25) is 0 Å². The van der Waals surface area contributed by atoms with Gasteiger partial charge in [0.25, 0.3) is 0 Å². The normalized spacial score (nSPS) is 47.2. The third kappa shape index (κ3) is 3.40. The zero-order valence-electron chi connectivity index (χ0n) is 20.8. The summed E-state index contributed by atoms with van der Waals surface area (Å²) in [6.07, 6.45) is 6.18. The Balaban J connectivity index is 1.33. The minimum Gasteiger partial charge on any atom is -0.459 e. The minimum absolute atomic E-state index is 0.0170. The van der Waals surface area contributed by atoms with Crippen LogP contribution in [0, 0.1) is 28.6 Å². The fourth-order valence-corrected chi connectivity index (χ4v) is 9.86. The zero-order chi connectivity index (χ0) is 25.7. The molecule has 1 aliphatic heterocycles. The molecule has 5 aliphatic rings. The Bertz CT molecular complexity index is 1220. The molecule has 0 amide bonds. The van der Waals surface area contributed by atoms with Crippen molar-refractivity contribution in [3.05, 3.63) is 34.4 Å². The Morgan fingerprint density at radius 1 is 1.11 bits per heavy atom. The standard InChI is InChI=1S/C26H34O9S/c1-14(27)33-22-21(15-4-7-20(28)32-13-15)25(3)11-9-18-19(26(25)23(22)34-26)6-5-16-12-17(35-36(29,30)31)8-10-24(16,18)2/h4,7,13,16-19,21-23H,5-6,8-12H2,1-3H3,(H,29,30,31)/t16-,17+,18+,19-,21+,22-,23-,24+,25-,26-/m1/s1. The van der Waals surface area contributed by atoms with E-state index in [0.717, 1.165) is 37.7 Å². The molecule has 0 aromatic carbocycles. The zero-order valence-corrected chi connectivity index (χ0v) is 21.7. The molecule has 9 nitrogen and oxygen atoms in total. The lowest BCUT2D eigenvalue weighted by Gasteiger charge is -2.61. The smallest absolute Gasteiger partial charge is 0.397 e. The second-order valence-corrected chi connectivity index (χ2v) is 13.2. The van der Waals surface area contributed by atoms with Gasteiger partial charge >= 0.3 is 22.0 Å².